The highest BCUT2D eigenvalue weighted by Gasteiger charge is 2.35. The van der Waals surface area contributed by atoms with E-state index in [1.165, 1.54) is 0 Å². The zero-order valence-electron chi connectivity index (χ0n) is 8.16. The van der Waals surface area contributed by atoms with Crippen molar-refractivity contribution in [3.63, 3.8) is 0 Å². The Balaban J connectivity index is 2.11. The van der Waals surface area contributed by atoms with Gasteiger partial charge < -0.3 is 10.2 Å². The van der Waals surface area contributed by atoms with Crippen LogP contribution in [-0.2, 0) is 4.79 Å². The smallest absolute Gasteiger partial charge is 0.247 e. The number of fused-ring (bicyclic) bond motifs is 3. The molecule has 15 heavy (non-hydrogen) atoms. The van der Waals surface area contributed by atoms with E-state index in [0.29, 0.717) is 0 Å². The highest BCUT2D eigenvalue weighted by Crippen LogP contribution is 2.37. The van der Waals surface area contributed by atoms with Gasteiger partial charge in [-0.25, -0.2) is 0 Å². The van der Waals surface area contributed by atoms with Crippen LogP contribution in [0.3, 0.4) is 0 Å². The number of anilines is 2. The minimum atomic E-state index is 0.0543. The Labute approximate surface area is 96.6 Å². The number of amides is 1. The molecular formula is C11H11BrN2O. The fourth-order valence-corrected chi connectivity index (χ4v) is 2.76. The van der Waals surface area contributed by atoms with Gasteiger partial charge in [0, 0.05) is 11.0 Å². The van der Waals surface area contributed by atoms with Crippen LogP contribution < -0.4 is 10.2 Å². The number of carbonyl (C=O) groups excluding carboxylic acids is 1. The summed E-state index contributed by atoms with van der Waals surface area (Å²) >= 11 is 3.41. The minimum Gasteiger partial charge on any atom is -0.358 e. The fraction of sp³-hybridized carbons (Fsp3) is 0.364. The molecule has 0 bridgehead atoms. The van der Waals surface area contributed by atoms with Gasteiger partial charge in [0.25, 0.3) is 0 Å². The molecule has 1 saturated heterocycles. The first kappa shape index (κ1) is 9.21. The number of carbonyl (C=O) groups is 1. The van der Waals surface area contributed by atoms with Crippen LogP contribution in [-0.4, -0.2) is 18.5 Å². The summed E-state index contributed by atoms with van der Waals surface area (Å²) in [5.41, 5.74) is 2.08. The largest absolute Gasteiger partial charge is 0.358 e. The molecule has 0 spiro atoms. The van der Waals surface area contributed by atoms with Crippen molar-refractivity contribution in [2.24, 2.45) is 0 Å². The van der Waals surface area contributed by atoms with Crippen LogP contribution in [0.5, 0.6) is 0 Å². The van der Waals surface area contributed by atoms with Crippen LogP contribution in [0.15, 0.2) is 22.7 Å². The van der Waals surface area contributed by atoms with Crippen LogP contribution in [0.1, 0.15) is 12.8 Å². The van der Waals surface area contributed by atoms with E-state index < -0.39 is 0 Å². The molecule has 0 saturated carbocycles. The predicted molar refractivity (Wildman–Crippen MR) is 63.1 cm³/mol. The average molecular weight is 267 g/mol. The third kappa shape index (κ3) is 1.35. The van der Waals surface area contributed by atoms with Crippen molar-refractivity contribution in [2.45, 2.75) is 18.9 Å². The molecule has 1 aromatic carbocycles. The second-order valence-electron chi connectivity index (χ2n) is 4.00. The first-order chi connectivity index (χ1) is 7.25. The third-order valence-corrected chi connectivity index (χ3v) is 3.57. The van der Waals surface area contributed by atoms with Gasteiger partial charge in [0.1, 0.15) is 6.04 Å². The van der Waals surface area contributed by atoms with Crippen molar-refractivity contribution in [3.05, 3.63) is 22.7 Å². The summed E-state index contributed by atoms with van der Waals surface area (Å²) in [5, 5.41) is 2.96. The van der Waals surface area contributed by atoms with Gasteiger partial charge in [0.05, 0.1) is 11.4 Å². The van der Waals surface area contributed by atoms with Gasteiger partial charge in [-0.2, -0.15) is 0 Å². The summed E-state index contributed by atoms with van der Waals surface area (Å²) in [6, 6.07) is 6.10. The van der Waals surface area contributed by atoms with Crippen molar-refractivity contribution < 1.29 is 4.79 Å². The lowest BCUT2D eigenvalue weighted by atomic mass is 10.1. The van der Waals surface area contributed by atoms with Crippen LogP contribution in [0.4, 0.5) is 11.4 Å². The van der Waals surface area contributed by atoms with Crippen molar-refractivity contribution in [1.82, 2.24) is 0 Å². The number of hydrogen-bond acceptors (Lipinski definition) is 2. The van der Waals surface area contributed by atoms with E-state index in [4.69, 9.17) is 0 Å². The van der Waals surface area contributed by atoms with Gasteiger partial charge in [-0.05, 0) is 31.0 Å². The van der Waals surface area contributed by atoms with E-state index in [0.717, 1.165) is 35.2 Å². The summed E-state index contributed by atoms with van der Waals surface area (Å²) in [5.74, 6) is 0.137. The summed E-state index contributed by atoms with van der Waals surface area (Å²) < 4.78 is 0.999. The van der Waals surface area contributed by atoms with Crippen LogP contribution >= 0.6 is 15.9 Å². The highest BCUT2D eigenvalue weighted by atomic mass is 79.9. The lowest BCUT2D eigenvalue weighted by molar-refractivity contribution is -0.117. The van der Waals surface area contributed by atoms with Crippen LogP contribution in [0.2, 0.25) is 0 Å². The maximum Gasteiger partial charge on any atom is 0.247 e. The number of benzene rings is 1. The van der Waals surface area contributed by atoms with Gasteiger partial charge in [-0.15, -0.1) is 0 Å². The Morgan fingerprint density at radius 1 is 1.47 bits per heavy atom. The van der Waals surface area contributed by atoms with Crippen LogP contribution in [0.25, 0.3) is 0 Å². The van der Waals surface area contributed by atoms with E-state index in [9.17, 15) is 4.79 Å². The second kappa shape index (κ2) is 3.23. The van der Waals surface area contributed by atoms with Crippen molar-refractivity contribution in [3.8, 4) is 0 Å². The molecule has 2 aliphatic heterocycles. The number of nitrogens with zero attached hydrogens (tertiary/aromatic N) is 1. The fourth-order valence-electron chi connectivity index (χ4n) is 2.40. The molecule has 0 radical (unpaired) electrons. The predicted octanol–water partition coefficient (Wildman–Crippen LogP) is 2.37. The summed E-state index contributed by atoms with van der Waals surface area (Å²) in [6.07, 6.45) is 2.08. The van der Waals surface area contributed by atoms with Crippen molar-refractivity contribution in [1.29, 1.82) is 0 Å². The van der Waals surface area contributed by atoms with Crippen molar-refractivity contribution >= 4 is 33.2 Å². The molecule has 3 rings (SSSR count). The van der Waals surface area contributed by atoms with Crippen molar-refractivity contribution in [2.75, 3.05) is 16.8 Å². The first-order valence-corrected chi connectivity index (χ1v) is 5.92. The molecule has 2 aliphatic rings. The lowest BCUT2D eigenvalue weighted by Crippen LogP contribution is -2.43. The molecule has 1 fully saturated rings. The SMILES string of the molecule is O=C1Nc2cc(Br)ccc2N2CCCC12. The molecule has 1 atom stereocenters. The third-order valence-electron chi connectivity index (χ3n) is 3.08. The molecule has 1 amide bonds. The molecule has 1 unspecified atom stereocenters. The van der Waals surface area contributed by atoms with Gasteiger partial charge >= 0.3 is 0 Å². The Hall–Kier alpha value is -1.03. The number of halogens is 1. The lowest BCUT2D eigenvalue weighted by Gasteiger charge is -2.32. The minimum absolute atomic E-state index is 0.0543. The summed E-state index contributed by atoms with van der Waals surface area (Å²) in [6.45, 7) is 0.993. The zero-order valence-corrected chi connectivity index (χ0v) is 9.75. The van der Waals surface area contributed by atoms with Gasteiger partial charge in [-0.1, -0.05) is 15.9 Å². The number of rotatable bonds is 0. The Kier molecular flexibility index (Phi) is 1.99. The zero-order chi connectivity index (χ0) is 10.4. The molecule has 3 nitrogen and oxygen atoms in total. The molecule has 1 aromatic rings. The summed E-state index contributed by atoms with van der Waals surface area (Å²) in [7, 11) is 0. The number of hydrogen-bond donors (Lipinski definition) is 1. The topological polar surface area (TPSA) is 32.3 Å². The first-order valence-electron chi connectivity index (χ1n) is 5.13. The number of nitrogens with one attached hydrogen (secondary N) is 1. The average Bonchev–Trinajstić information content (AvgIpc) is 2.66. The molecule has 0 aromatic heterocycles. The Morgan fingerprint density at radius 2 is 2.33 bits per heavy atom. The standard InChI is InChI=1S/C11H11BrN2O/c12-7-3-4-9-8(6-7)13-11(15)10-2-1-5-14(9)10/h3-4,6,10H,1-2,5H2,(H,13,15). The molecule has 2 heterocycles. The maximum absolute atomic E-state index is 11.8. The van der Waals surface area contributed by atoms with Gasteiger partial charge in [0.2, 0.25) is 5.91 Å². The monoisotopic (exact) mass is 266 g/mol. The van der Waals surface area contributed by atoms with Gasteiger partial charge in [-0.3, -0.25) is 4.79 Å². The van der Waals surface area contributed by atoms with Gasteiger partial charge in [0.15, 0.2) is 0 Å². The summed E-state index contributed by atoms with van der Waals surface area (Å²) in [4.78, 5) is 14.0. The molecule has 0 aliphatic carbocycles. The van der Waals surface area contributed by atoms with Crippen LogP contribution in [0, 0.1) is 0 Å². The van der Waals surface area contributed by atoms with E-state index in [1.807, 2.05) is 12.1 Å². The van der Waals surface area contributed by atoms with E-state index in [-0.39, 0.29) is 11.9 Å². The molecule has 1 N–H and O–H groups in total. The Morgan fingerprint density at radius 3 is 3.20 bits per heavy atom. The molecule has 4 heteroatoms. The van der Waals surface area contributed by atoms with E-state index in [1.54, 1.807) is 0 Å². The maximum atomic E-state index is 11.8. The van der Waals surface area contributed by atoms with E-state index in [2.05, 4.69) is 32.2 Å². The Bertz CT molecular complexity index is 433. The molecule has 78 valence electrons. The molecular weight excluding hydrogens is 256 g/mol. The quantitative estimate of drug-likeness (QED) is 0.782. The van der Waals surface area contributed by atoms with E-state index >= 15 is 0 Å². The normalized spacial score (nSPS) is 23.4. The second-order valence-corrected chi connectivity index (χ2v) is 4.92. The highest BCUT2D eigenvalue weighted by molar-refractivity contribution is 9.10.